The van der Waals surface area contributed by atoms with Crippen LogP contribution in [-0.4, -0.2) is 4.57 Å². The molecule has 2 heterocycles. The lowest BCUT2D eigenvalue weighted by atomic mass is 10.0. The van der Waals surface area contributed by atoms with Crippen molar-refractivity contribution in [3.05, 3.63) is 102 Å². The summed E-state index contributed by atoms with van der Waals surface area (Å²) in [6, 6.07) is 31.5. The van der Waals surface area contributed by atoms with Crippen molar-refractivity contribution in [1.82, 2.24) is 4.57 Å². The average molecular weight is 425 g/mol. The first-order chi connectivity index (χ1) is 14.8. The molecule has 1 N–H and O–H groups in total. The van der Waals surface area contributed by atoms with Crippen molar-refractivity contribution in [3.63, 3.8) is 0 Å². The molecule has 1 aliphatic rings. The predicted molar refractivity (Wildman–Crippen MR) is 128 cm³/mol. The summed E-state index contributed by atoms with van der Waals surface area (Å²) in [4.78, 5) is 2.26. The number of nitrogens with one attached hydrogen (secondary N) is 1. The van der Waals surface area contributed by atoms with E-state index in [9.17, 15) is 0 Å². The van der Waals surface area contributed by atoms with Gasteiger partial charge in [-0.15, -0.1) is 0 Å². The first kappa shape index (κ1) is 17.7. The minimum Gasteiger partial charge on any atom is -0.353 e. The van der Waals surface area contributed by atoms with Crippen LogP contribution >= 0.6 is 23.4 Å². The molecule has 0 unspecified atom stereocenters. The third kappa shape index (κ3) is 2.74. The molecular weight excluding hydrogens is 408 g/mol. The van der Waals surface area contributed by atoms with Crippen molar-refractivity contribution in [3.8, 4) is 16.8 Å². The molecule has 144 valence electrons. The van der Waals surface area contributed by atoms with E-state index in [0.717, 1.165) is 27.0 Å². The van der Waals surface area contributed by atoms with Gasteiger partial charge >= 0.3 is 0 Å². The lowest BCUT2D eigenvalue weighted by molar-refractivity contribution is 1.13. The van der Waals surface area contributed by atoms with Gasteiger partial charge in [-0.25, -0.2) is 0 Å². The molecular formula is C26H17ClN2S. The number of rotatable bonds is 2. The summed E-state index contributed by atoms with van der Waals surface area (Å²) in [5.74, 6) is 0. The number of hydrogen-bond donors (Lipinski definition) is 1. The van der Waals surface area contributed by atoms with Crippen LogP contribution in [0.25, 0.3) is 27.7 Å². The zero-order valence-corrected chi connectivity index (χ0v) is 17.5. The van der Waals surface area contributed by atoms with Crippen LogP contribution in [-0.2, 0) is 0 Å². The third-order valence-corrected chi connectivity index (χ3v) is 7.13. The van der Waals surface area contributed by atoms with Gasteiger partial charge in [-0.05, 0) is 36.4 Å². The lowest BCUT2D eigenvalue weighted by Crippen LogP contribution is -2.02. The molecule has 0 atom stereocenters. The monoisotopic (exact) mass is 424 g/mol. The van der Waals surface area contributed by atoms with Crippen molar-refractivity contribution in [2.45, 2.75) is 9.79 Å². The molecule has 2 nitrogen and oxygen atoms in total. The Morgan fingerprint density at radius 1 is 0.733 bits per heavy atom. The number of hydrogen-bond acceptors (Lipinski definition) is 2. The van der Waals surface area contributed by atoms with E-state index in [1.165, 1.54) is 26.9 Å². The summed E-state index contributed by atoms with van der Waals surface area (Å²) >= 11 is 8.18. The zero-order chi connectivity index (χ0) is 20.1. The Hall–Kier alpha value is -3.14. The Morgan fingerprint density at radius 3 is 2.43 bits per heavy atom. The van der Waals surface area contributed by atoms with Gasteiger partial charge in [0, 0.05) is 33.3 Å². The third-order valence-electron chi connectivity index (χ3n) is 5.50. The van der Waals surface area contributed by atoms with Crippen molar-refractivity contribution in [1.29, 1.82) is 0 Å². The van der Waals surface area contributed by atoms with Crippen LogP contribution < -0.4 is 5.32 Å². The van der Waals surface area contributed by atoms with E-state index in [1.54, 1.807) is 11.8 Å². The van der Waals surface area contributed by atoms with Crippen LogP contribution in [0.3, 0.4) is 0 Å². The fraction of sp³-hybridized carbons (Fsp3) is 0. The van der Waals surface area contributed by atoms with E-state index < -0.39 is 0 Å². The molecule has 6 rings (SSSR count). The lowest BCUT2D eigenvalue weighted by Gasteiger charge is -2.24. The fourth-order valence-corrected chi connectivity index (χ4v) is 5.44. The van der Waals surface area contributed by atoms with Crippen molar-refractivity contribution in [2.75, 3.05) is 5.32 Å². The SMILES string of the molecule is Clc1cccc2c1Sc1cccc(-c3cn(-c4ccccc4)c4ccccc34)c1N2. The van der Waals surface area contributed by atoms with Gasteiger partial charge in [0.2, 0.25) is 0 Å². The van der Waals surface area contributed by atoms with Gasteiger partial charge in [-0.3, -0.25) is 0 Å². The van der Waals surface area contributed by atoms with E-state index in [4.69, 9.17) is 11.6 Å². The number of benzene rings is 4. The normalized spacial score (nSPS) is 12.3. The molecule has 0 spiro atoms. The van der Waals surface area contributed by atoms with E-state index in [0.29, 0.717) is 0 Å². The fourth-order valence-electron chi connectivity index (χ4n) is 4.12. The summed E-state index contributed by atoms with van der Waals surface area (Å²) in [6.07, 6.45) is 2.25. The number of aromatic nitrogens is 1. The second kappa shape index (κ2) is 6.98. The molecule has 4 aromatic carbocycles. The maximum absolute atomic E-state index is 6.45. The number of nitrogens with zero attached hydrogens (tertiary/aromatic N) is 1. The molecule has 0 amide bonds. The van der Waals surface area contributed by atoms with E-state index in [2.05, 4.69) is 88.9 Å². The Morgan fingerprint density at radius 2 is 1.53 bits per heavy atom. The van der Waals surface area contributed by atoms with Gasteiger partial charge in [-0.1, -0.05) is 78.0 Å². The summed E-state index contributed by atoms with van der Waals surface area (Å²) in [6.45, 7) is 0. The number of anilines is 2. The second-order valence-corrected chi connectivity index (χ2v) is 8.75. The second-order valence-electron chi connectivity index (χ2n) is 7.29. The van der Waals surface area contributed by atoms with Gasteiger partial charge in [-0.2, -0.15) is 0 Å². The highest BCUT2D eigenvalue weighted by Crippen LogP contribution is 2.51. The Bertz CT molecular complexity index is 1410. The molecule has 0 saturated heterocycles. The first-order valence-corrected chi connectivity index (χ1v) is 11.0. The largest absolute Gasteiger partial charge is 0.353 e. The first-order valence-electron chi connectivity index (χ1n) is 9.82. The van der Waals surface area contributed by atoms with Crippen molar-refractivity contribution >= 4 is 45.6 Å². The summed E-state index contributed by atoms with van der Waals surface area (Å²) in [7, 11) is 0. The highest BCUT2D eigenvalue weighted by atomic mass is 35.5. The maximum atomic E-state index is 6.45. The van der Waals surface area contributed by atoms with Gasteiger partial charge in [0.15, 0.2) is 0 Å². The molecule has 0 radical (unpaired) electrons. The molecule has 1 aromatic heterocycles. The number of fused-ring (bicyclic) bond motifs is 3. The van der Waals surface area contributed by atoms with Crippen LogP contribution in [0.2, 0.25) is 5.02 Å². The highest BCUT2D eigenvalue weighted by Gasteiger charge is 2.22. The van der Waals surface area contributed by atoms with Crippen LogP contribution in [0.15, 0.2) is 107 Å². The van der Waals surface area contributed by atoms with Crippen LogP contribution in [0.5, 0.6) is 0 Å². The quantitative estimate of drug-likeness (QED) is 0.302. The summed E-state index contributed by atoms with van der Waals surface area (Å²) < 4.78 is 2.27. The van der Waals surface area contributed by atoms with E-state index in [-0.39, 0.29) is 0 Å². The highest BCUT2D eigenvalue weighted by molar-refractivity contribution is 7.99. The Labute approximate surface area is 184 Å². The summed E-state index contributed by atoms with van der Waals surface area (Å²) in [5.41, 5.74) is 6.95. The molecule has 30 heavy (non-hydrogen) atoms. The smallest absolute Gasteiger partial charge is 0.0606 e. The molecule has 0 bridgehead atoms. The summed E-state index contributed by atoms with van der Waals surface area (Å²) in [5, 5.41) is 5.66. The maximum Gasteiger partial charge on any atom is 0.0606 e. The van der Waals surface area contributed by atoms with Gasteiger partial charge in [0.25, 0.3) is 0 Å². The topological polar surface area (TPSA) is 17.0 Å². The zero-order valence-electron chi connectivity index (χ0n) is 16.0. The molecule has 4 heteroatoms. The number of halogens is 1. The van der Waals surface area contributed by atoms with Crippen molar-refractivity contribution < 1.29 is 0 Å². The molecule has 0 aliphatic carbocycles. The molecule has 1 aliphatic heterocycles. The predicted octanol–water partition coefficient (Wildman–Crippen LogP) is 8.16. The molecule has 0 fully saturated rings. The van der Waals surface area contributed by atoms with E-state index in [1.807, 2.05) is 18.2 Å². The van der Waals surface area contributed by atoms with Gasteiger partial charge in [0.1, 0.15) is 0 Å². The molecule has 0 saturated carbocycles. The van der Waals surface area contributed by atoms with Gasteiger partial charge < -0.3 is 9.88 Å². The van der Waals surface area contributed by atoms with E-state index >= 15 is 0 Å². The van der Waals surface area contributed by atoms with Crippen LogP contribution in [0, 0.1) is 0 Å². The number of para-hydroxylation sites is 3. The van der Waals surface area contributed by atoms with Crippen molar-refractivity contribution in [2.24, 2.45) is 0 Å². The van der Waals surface area contributed by atoms with Gasteiger partial charge in [0.05, 0.1) is 26.8 Å². The Kier molecular flexibility index (Phi) is 4.12. The van der Waals surface area contributed by atoms with Crippen LogP contribution in [0.4, 0.5) is 11.4 Å². The molecule has 5 aromatic rings. The van der Waals surface area contributed by atoms with Crippen LogP contribution in [0.1, 0.15) is 0 Å². The minimum atomic E-state index is 0.779. The standard InChI is InChI=1S/C26H17ClN2S/c27-21-12-7-13-22-26(21)30-24-15-6-11-19(25(24)28-22)20-16-29(17-8-2-1-3-9-17)23-14-5-4-10-18(20)23/h1-16,28H. The average Bonchev–Trinajstić information content (AvgIpc) is 3.18. The minimum absolute atomic E-state index is 0.779. The Balaban J connectivity index is 1.57.